The van der Waals surface area contributed by atoms with E-state index < -0.39 is 15.9 Å². The van der Waals surface area contributed by atoms with Crippen molar-refractivity contribution in [3.63, 3.8) is 0 Å². The Bertz CT molecular complexity index is 662. The molecular weight excluding hydrogens is 338 g/mol. The molecule has 0 radical (unpaired) electrons. The lowest BCUT2D eigenvalue weighted by Gasteiger charge is -2.20. The van der Waals surface area contributed by atoms with E-state index in [1.54, 1.807) is 0 Å². The minimum Gasteiger partial charge on any atom is -0.386 e. The molecule has 0 saturated carbocycles. The summed E-state index contributed by atoms with van der Waals surface area (Å²) in [4.78, 5) is 4.33. The Labute approximate surface area is 151 Å². The van der Waals surface area contributed by atoms with Crippen LogP contribution in [0.25, 0.3) is 0 Å². The van der Waals surface area contributed by atoms with Crippen LogP contribution in [0, 0.1) is 0 Å². The van der Waals surface area contributed by atoms with E-state index in [1.165, 1.54) is 11.8 Å². The van der Waals surface area contributed by atoms with Crippen molar-refractivity contribution in [1.82, 2.24) is 10.6 Å². The third-order valence-electron chi connectivity index (χ3n) is 3.69. The van der Waals surface area contributed by atoms with Gasteiger partial charge in [-0.05, 0) is 23.5 Å². The van der Waals surface area contributed by atoms with E-state index in [2.05, 4.69) is 36.4 Å². The highest BCUT2D eigenvalue weighted by Gasteiger charge is 2.14. The molecule has 1 atom stereocenters. The Morgan fingerprint density at radius 3 is 2.28 bits per heavy atom. The third kappa shape index (κ3) is 8.36. The second-order valence-corrected chi connectivity index (χ2v) is 9.42. The van der Waals surface area contributed by atoms with Crippen LogP contribution in [0.5, 0.6) is 0 Å². The van der Waals surface area contributed by atoms with Crippen molar-refractivity contribution in [3.8, 4) is 0 Å². The highest BCUT2D eigenvalue weighted by Crippen LogP contribution is 2.24. The monoisotopic (exact) mass is 369 g/mol. The SMILES string of the molecule is CCNC(=NCC(O)c1ccc(C(C)(C)C)cc1)NCCS(C)(=O)=O. The number of hydrogen-bond acceptors (Lipinski definition) is 4. The maximum Gasteiger partial charge on any atom is 0.191 e. The maximum atomic E-state index is 11.2. The van der Waals surface area contributed by atoms with Gasteiger partial charge in [0.05, 0.1) is 18.4 Å². The molecule has 0 saturated heterocycles. The summed E-state index contributed by atoms with van der Waals surface area (Å²) in [5, 5.41) is 16.3. The Balaban J connectivity index is 2.68. The second kappa shape index (κ2) is 9.20. The Hall–Kier alpha value is -1.60. The zero-order valence-corrected chi connectivity index (χ0v) is 16.7. The Morgan fingerprint density at radius 1 is 1.20 bits per heavy atom. The fourth-order valence-electron chi connectivity index (χ4n) is 2.19. The number of benzene rings is 1. The molecule has 1 aromatic rings. The van der Waals surface area contributed by atoms with Crippen LogP contribution in [0.2, 0.25) is 0 Å². The molecular formula is C18H31N3O3S. The van der Waals surface area contributed by atoms with Gasteiger partial charge in [-0.25, -0.2) is 8.42 Å². The third-order valence-corrected chi connectivity index (χ3v) is 4.64. The second-order valence-electron chi connectivity index (χ2n) is 7.16. The van der Waals surface area contributed by atoms with Crippen LogP contribution >= 0.6 is 0 Å². The molecule has 0 bridgehead atoms. The van der Waals surface area contributed by atoms with Gasteiger partial charge in [-0.15, -0.1) is 0 Å². The highest BCUT2D eigenvalue weighted by atomic mass is 32.2. The Kier molecular flexibility index (Phi) is 7.89. The fourth-order valence-corrected chi connectivity index (χ4v) is 2.66. The number of sulfone groups is 1. The molecule has 0 aliphatic heterocycles. The van der Waals surface area contributed by atoms with Crippen LogP contribution in [0.15, 0.2) is 29.3 Å². The van der Waals surface area contributed by atoms with Crippen molar-refractivity contribution >= 4 is 15.8 Å². The summed E-state index contributed by atoms with van der Waals surface area (Å²) in [5.74, 6) is 0.533. The lowest BCUT2D eigenvalue weighted by molar-refractivity contribution is 0.187. The molecule has 0 aromatic heterocycles. The average Bonchev–Trinajstić information content (AvgIpc) is 2.50. The van der Waals surface area contributed by atoms with Crippen molar-refractivity contribution < 1.29 is 13.5 Å². The molecule has 3 N–H and O–H groups in total. The summed E-state index contributed by atoms with van der Waals surface area (Å²) in [5.41, 5.74) is 2.09. The lowest BCUT2D eigenvalue weighted by atomic mass is 9.86. The number of hydrogen-bond donors (Lipinski definition) is 3. The molecule has 0 amide bonds. The van der Waals surface area contributed by atoms with Gasteiger partial charge < -0.3 is 15.7 Å². The first-order valence-corrected chi connectivity index (χ1v) is 10.6. The topological polar surface area (TPSA) is 90.8 Å². The summed E-state index contributed by atoms with van der Waals surface area (Å²) >= 11 is 0. The van der Waals surface area contributed by atoms with Gasteiger partial charge in [0, 0.05) is 19.3 Å². The van der Waals surface area contributed by atoms with E-state index in [4.69, 9.17) is 0 Å². The van der Waals surface area contributed by atoms with Crippen molar-refractivity contribution in [2.24, 2.45) is 4.99 Å². The molecule has 7 heteroatoms. The van der Waals surface area contributed by atoms with E-state index in [-0.39, 0.29) is 24.3 Å². The first-order chi connectivity index (χ1) is 11.5. The number of aliphatic hydroxyl groups is 1. The van der Waals surface area contributed by atoms with Gasteiger partial charge in [-0.1, -0.05) is 45.0 Å². The molecule has 142 valence electrons. The average molecular weight is 370 g/mol. The van der Waals surface area contributed by atoms with E-state index in [1.807, 2.05) is 31.2 Å². The van der Waals surface area contributed by atoms with Crippen LogP contribution in [0.3, 0.4) is 0 Å². The quantitative estimate of drug-likeness (QED) is 0.502. The largest absolute Gasteiger partial charge is 0.386 e. The lowest BCUT2D eigenvalue weighted by Crippen LogP contribution is -2.39. The fraction of sp³-hybridized carbons (Fsp3) is 0.611. The normalized spacial score (nSPS) is 14.2. The van der Waals surface area contributed by atoms with Crippen molar-refractivity contribution in [1.29, 1.82) is 0 Å². The number of aliphatic hydroxyl groups excluding tert-OH is 1. The molecule has 1 aromatic carbocycles. The number of nitrogens with one attached hydrogen (secondary N) is 2. The van der Waals surface area contributed by atoms with Gasteiger partial charge >= 0.3 is 0 Å². The first-order valence-electron chi connectivity index (χ1n) is 8.51. The van der Waals surface area contributed by atoms with Crippen LogP contribution in [-0.4, -0.2) is 51.1 Å². The molecule has 0 spiro atoms. The number of guanidine groups is 1. The number of rotatable bonds is 7. The van der Waals surface area contributed by atoms with Crippen LogP contribution in [0.4, 0.5) is 0 Å². The Morgan fingerprint density at radius 2 is 1.80 bits per heavy atom. The predicted molar refractivity (Wildman–Crippen MR) is 104 cm³/mol. The molecule has 0 aliphatic rings. The van der Waals surface area contributed by atoms with E-state index >= 15 is 0 Å². The van der Waals surface area contributed by atoms with Crippen LogP contribution in [-0.2, 0) is 15.3 Å². The zero-order valence-electron chi connectivity index (χ0n) is 15.8. The van der Waals surface area contributed by atoms with E-state index in [0.717, 1.165) is 5.56 Å². The molecule has 0 aliphatic carbocycles. The molecule has 1 unspecified atom stereocenters. The zero-order chi connectivity index (χ0) is 19.1. The van der Waals surface area contributed by atoms with Gasteiger partial charge in [0.15, 0.2) is 5.96 Å². The first kappa shape index (κ1) is 21.4. The summed E-state index contributed by atoms with van der Waals surface area (Å²) in [6, 6.07) is 7.89. The van der Waals surface area contributed by atoms with Crippen LogP contribution in [0.1, 0.15) is 44.9 Å². The smallest absolute Gasteiger partial charge is 0.191 e. The minimum atomic E-state index is -3.02. The maximum absolute atomic E-state index is 11.2. The summed E-state index contributed by atoms with van der Waals surface area (Å²) in [7, 11) is -3.02. The van der Waals surface area contributed by atoms with Gasteiger partial charge in [0.25, 0.3) is 0 Å². The molecule has 0 fully saturated rings. The molecule has 0 heterocycles. The van der Waals surface area contributed by atoms with Crippen molar-refractivity contribution in [2.75, 3.05) is 31.6 Å². The molecule has 25 heavy (non-hydrogen) atoms. The molecule has 1 rings (SSSR count). The number of nitrogens with zero attached hydrogens (tertiary/aromatic N) is 1. The summed E-state index contributed by atoms with van der Waals surface area (Å²) in [6.45, 7) is 9.50. The van der Waals surface area contributed by atoms with Gasteiger partial charge in [-0.3, -0.25) is 4.99 Å². The van der Waals surface area contributed by atoms with Crippen LogP contribution < -0.4 is 10.6 Å². The highest BCUT2D eigenvalue weighted by molar-refractivity contribution is 7.90. The summed E-state index contributed by atoms with van der Waals surface area (Å²) < 4.78 is 22.4. The van der Waals surface area contributed by atoms with Crippen molar-refractivity contribution in [2.45, 2.75) is 39.2 Å². The number of aliphatic imine (C=N–C) groups is 1. The molecule has 6 nitrogen and oxygen atoms in total. The van der Waals surface area contributed by atoms with E-state index in [9.17, 15) is 13.5 Å². The van der Waals surface area contributed by atoms with E-state index in [0.29, 0.717) is 12.5 Å². The predicted octanol–water partition coefficient (Wildman–Crippen LogP) is 1.62. The minimum absolute atomic E-state index is 0.0359. The van der Waals surface area contributed by atoms with Crippen molar-refractivity contribution in [3.05, 3.63) is 35.4 Å². The summed E-state index contributed by atoms with van der Waals surface area (Å²) in [6.07, 6.45) is 0.489. The van der Waals surface area contributed by atoms with Gasteiger partial charge in [0.2, 0.25) is 0 Å². The van der Waals surface area contributed by atoms with Gasteiger partial charge in [0.1, 0.15) is 9.84 Å². The standard InChI is InChI=1S/C18H31N3O3S/c1-6-19-17(20-11-12-25(5,23)24)21-13-16(22)14-7-9-15(10-8-14)18(2,3)4/h7-10,16,22H,6,11-13H2,1-5H3,(H2,19,20,21). The van der Waals surface area contributed by atoms with Gasteiger partial charge in [-0.2, -0.15) is 0 Å².